The van der Waals surface area contributed by atoms with Gasteiger partial charge in [0.05, 0.1) is 11.6 Å². The fraction of sp³-hybridized carbons (Fsp3) is 0.214. The number of carbonyl (C=O) groups is 1. The lowest BCUT2D eigenvalue weighted by Crippen LogP contribution is -2.28. The maximum absolute atomic E-state index is 11.3. The Bertz CT molecular complexity index is 596. The third kappa shape index (κ3) is 2.63. The first-order chi connectivity index (χ1) is 9.08. The second-order valence-corrected chi connectivity index (χ2v) is 6.04. The average Bonchev–Trinajstić information content (AvgIpc) is 2.79. The Morgan fingerprint density at radius 3 is 3.00 bits per heavy atom. The number of hydrogen-bond donors (Lipinski definition) is 0. The molecular weight excluding hydrogens is 379 g/mol. The number of hydrogen-bond acceptors (Lipinski definition) is 3. The van der Waals surface area contributed by atoms with E-state index in [2.05, 4.69) is 28.7 Å². The van der Waals surface area contributed by atoms with Crippen LogP contribution in [0, 0.1) is 3.57 Å². The van der Waals surface area contributed by atoms with Gasteiger partial charge in [0, 0.05) is 9.65 Å². The largest absolute Gasteiger partial charge is 0.340 e. The van der Waals surface area contributed by atoms with Gasteiger partial charge in [-0.15, -0.1) is 0 Å². The van der Waals surface area contributed by atoms with Crippen LogP contribution in [0.2, 0.25) is 0 Å². The molecule has 1 saturated heterocycles. The first kappa shape index (κ1) is 13.3. The SMILES string of the molecule is O=C1C=C[C@]2(C=C1Cl)OC[C@H](c1cccc(I)c1)O2. The van der Waals surface area contributed by atoms with Gasteiger partial charge in [0.15, 0.2) is 5.78 Å². The second-order valence-electron chi connectivity index (χ2n) is 4.38. The predicted molar refractivity (Wildman–Crippen MR) is 79.8 cm³/mol. The van der Waals surface area contributed by atoms with Gasteiger partial charge in [-0.05, 0) is 52.4 Å². The summed E-state index contributed by atoms with van der Waals surface area (Å²) < 4.78 is 12.7. The molecule has 3 nitrogen and oxygen atoms in total. The van der Waals surface area contributed by atoms with E-state index in [1.54, 1.807) is 6.08 Å². The maximum Gasteiger partial charge on any atom is 0.211 e. The van der Waals surface area contributed by atoms with Crippen molar-refractivity contribution in [2.75, 3.05) is 6.61 Å². The summed E-state index contributed by atoms with van der Waals surface area (Å²) in [4.78, 5) is 11.3. The van der Waals surface area contributed by atoms with Crippen LogP contribution < -0.4 is 0 Å². The summed E-state index contributed by atoms with van der Waals surface area (Å²) >= 11 is 8.11. The van der Waals surface area contributed by atoms with Gasteiger partial charge in [-0.1, -0.05) is 23.7 Å². The van der Waals surface area contributed by atoms with Crippen LogP contribution in [-0.4, -0.2) is 18.2 Å². The molecule has 1 heterocycles. The van der Waals surface area contributed by atoms with Gasteiger partial charge in [0.2, 0.25) is 5.79 Å². The van der Waals surface area contributed by atoms with Crippen LogP contribution in [0.1, 0.15) is 11.7 Å². The van der Waals surface area contributed by atoms with Crippen LogP contribution in [0.4, 0.5) is 0 Å². The first-order valence-electron chi connectivity index (χ1n) is 5.77. The molecule has 19 heavy (non-hydrogen) atoms. The molecule has 98 valence electrons. The number of ether oxygens (including phenoxy) is 2. The van der Waals surface area contributed by atoms with Gasteiger partial charge in [-0.25, -0.2) is 0 Å². The van der Waals surface area contributed by atoms with Crippen molar-refractivity contribution in [3.63, 3.8) is 0 Å². The molecule has 5 heteroatoms. The molecule has 1 fully saturated rings. The van der Waals surface area contributed by atoms with Gasteiger partial charge >= 0.3 is 0 Å². The Kier molecular flexibility index (Phi) is 3.51. The van der Waals surface area contributed by atoms with E-state index in [-0.39, 0.29) is 16.9 Å². The Balaban J connectivity index is 1.85. The molecule has 1 aromatic rings. The van der Waals surface area contributed by atoms with Crippen LogP contribution in [-0.2, 0) is 14.3 Å². The number of benzene rings is 1. The van der Waals surface area contributed by atoms with Crippen molar-refractivity contribution in [1.82, 2.24) is 0 Å². The molecule has 3 rings (SSSR count). The van der Waals surface area contributed by atoms with E-state index in [0.717, 1.165) is 9.13 Å². The number of rotatable bonds is 1. The molecule has 1 spiro atoms. The molecule has 0 aromatic heterocycles. The van der Waals surface area contributed by atoms with Crippen molar-refractivity contribution in [3.8, 4) is 0 Å². The van der Waals surface area contributed by atoms with Gasteiger partial charge < -0.3 is 9.47 Å². The summed E-state index contributed by atoms with van der Waals surface area (Å²) in [5, 5.41) is 0.130. The zero-order chi connectivity index (χ0) is 13.5. The lowest BCUT2D eigenvalue weighted by atomic mass is 10.1. The Labute approximate surface area is 129 Å². The minimum absolute atomic E-state index is 0.130. The minimum Gasteiger partial charge on any atom is -0.340 e. The van der Waals surface area contributed by atoms with Crippen LogP contribution in [0.3, 0.4) is 0 Å². The van der Waals surface area contributed by atoms with Gasteiger partial charge in [0.25, 0.3) is 0 Å². The predicted octanol–water partition coefficient (Wildman–Crippen LogP) is 3.34. The molecular formula is C14H10ClIO3. The fourth-order valence-electron chi connectivity index (χ4n) is 2.10. The molecule has 2 atom stereocenters. The van der Waals surface area contributed by atoms with E-state index >= 15 is 0 Å². The fourth-order valence-corrected chi connectivity index (χ4v) is 2.88. The Hall–Kier alpha value is -0.690. The standard InChI is InChI=1S/C14H10ClIO3/c15-11-7-14(5-4-12(11)17)18-8-13(19-14)9-2-1-3-10(16)6-9/h1-7,13H,8H2/t13-,14+/m1/s1. The van der Waals surface area contributed by atoms with E-state index in [9.17, 15) is 4.79 Å². The molecule has 1 aromatic carbocycles. The third-order valence-electron chi connectivity index (χ3n) is 3.04. The Morgan fingerprint density at radius 2 is 2.26 bits per heavy atom. The number of halogens is 2. The highest BCUT2D eigenvalue weighted by atomic mass is 127. The molecule has 0 N–H and O–H groups in total. The van der Waals surface area contributed by atoms with Crippen LogP contribution in [0.15, 0.2) is 47.5 Å². The van der Waals surface area contributed by atoms with Crippen molar-refractivity contribution in [3.05, 3.63) is 56.7 Å². The quantitative estimate of drug-likeness (QED) is 0.692. The molecule has 0 radical (unpaired) electrons. The molecule has 0 amide bonds. The smallest absolute Gasteiger partial charge is 0.211 e. The molecule has 0 unspecified atom stereocenters. The highest BCUT2D eigenvalue weighted by Crippen LogP contribution is 2.38. The number of allylic oxidation sites excluding steroid dienone is 2. The summed E-state index contributed by atoms with van der Waals surface area (Å²) in [5.41, 5.74) is 1.05. The van der Waals surface area contributed by atoms with Crippen LogP contribution >= 0.6 is 34.2 Å². The molecule has 1 aliphatic heterocycles. The van der Waals surface area contributed by atoms with Crippen molar-refractivity contribution < 1.29 is 14.3 Å². The summed E-state index contributed by atoms with van der Waals surface area (Å²) in [6.07, 6.45) is 4.35. The van der Waals surface area contributed by atoms with Crippen LogP contribution in [0.5, 0.6) is 0 Å². The van der Waals surface area contributed by atoms with E-state index in [1.165, 1.54) is 12.2 Å². The minimum atomic E-state index is -1.00. The van der Waals surface area contributed by atoms with Gasteiger partial charge in [-0.2, -0.15) is 0 Å². The van der Waals surface area contributed by atoms with Crippen molar-refractivity contribution in [1.29, 1.82) is 0 Å². The van der Waals surface area contributed by atoms with E-state index in [4.69, 9.17) is 21.1 Å². The number of carbonyl (C=O) groups excluding carboxylic acids is 1. The highest BCUT2D eigenvalue weighted by Gasteiger charge is 2.41. The maximum atomic E-state index is 11.3. The normalized spacial score (nSPS) is 29.9. The van der Waals surface area contributed by atoms with E-state index in [0.29, 0.717) is 6.61 Å². The third-order valence-corrected chi connectivity index (χ3v) is 4.00. The lowest BCUT2D eigenvalue weighted by Gasteiger charge is -2.23. The summed E-state index contributed by atoms with van der Waals surface area (Å²) in [5.74, 6) is -1.23. The van der Waals surface area contributed by atoms with E-state index < -0.39 is 5.79 Å². The van der Waals surface area contributed by atoms with E-state index in [1.807, 2.05) is 18.2 Å². The van der Waals surface area contributed by atoms with Crippen molar-refractivity contribution >= 4 is 40.0 Å². The monoisotopic (exact) mass is 388 g/mol. The Morgan fingerprint density at radius 1 is 1.42 bits per heavy atom. The summed E-state index contributed by atoms with van der Waals surface area (Å²) in [7, 11) is 0. The zero-order valence-electron chi connectivity index (χ0n) is 9.81. The topological polar surface area (TPSA) is 35.5 Å². The lowest BCUT2D eigenvalue weighted by molar-refractivity contribution is -0.114. The highest BCUT2D eigenvalue weighted by molar-refractivity contribution is 14.1. The van der Waals surface area contributed by atoms with Gasteiger partial charge in [0.1, 0.15) is 6.10 Å². The second kappa shape index (κ2) is 5.01. The summed E-state index contributed by atoms with van der Waals surface area (Å²) in [6.45, 7) is 0.430. The molecule has 0 bridgehead atoms. The summed E-state index contributed by atoms with van der Waals surface area (Å²) in [6, 6.07) is 8.05. The number of ketones is 1. The molecule has 0 saturated carbocycles. The molecule has 1 aliphatic carbocycles. The molecule has 2 aliphatic rings. The van der Waals surface area contributed by atoms with Crippen molar-refractivity contribution in [2.24, 2.45) is 0 Å². The average molecular weight is 389 g/mol. The van der Waals surface area contributed by atoms with Crippen LogP contribution in [0.25, 0.3) is 0 Å². The first-order valence-corrected chi connectivity index (χ1v) is 7.23. The van der Waals surface area contributed by atoms with Gasteiger partial charge in [-0.3, -0.25) is 4.79 Å². The zero-order valence-corrected chi connectivity index (χ0v) is 12.7. The van der Waals surface area contributed by atoms with Crippen molar-refractivity contribution in [2.45, 2.75) is 11.9 Å².